The van der Waals surface area contributed by atoms with Gasteiger partial charge in [0.15, 0.2) is 0 Å². The summed E-state index contributed by atoms with van der Waals surface area (Å²) in [4.78, 5) is 0. The van der Waals surface area contributed by atoms with Crippen LogP contribution in [0, 0.1) is 18.7 Å². The van der Waals surface area contributed by atoms with Gasteiger partial charge in [0.25, 0.3) is 0 Å². The first kappa shape index (κ1) is 15.5. The Balaban J connectivity index is 2.18. The van der Waals surface area contributed by atoms with Gasteiger partial charge in [0.05, 0.1) is 6.10 Å². The maximum atomic E-state index is 13.2. The fourth-order valence-corrected chi connectivity index (χ4v) is 3.29. The summed E-state index contributed by atoms with van der Waals surface area (Å²) in [5, 5.41) is 10.7. The van der Waals surface area contributed by atoms with Crippen molar-refractivity contribution < 1.29 is 14.2 Å². The lowest BCUT2D eigenvalue weighted by atomic mass is 9.81. The standard InChI is InChI=1S/C17H25FO2/c1-3-20-17(13-7-5-4-6-8-13)16(19)15-10-9-14(18)11-12(15)2/h9-11,13,16-17,19H,3-8H2,1-2H3. The van der Waals surface area contributed by atoms with E-state index < -0.39 is 6.10 Å². The van der Waals surface area contributed by atoms with Crippen LogP contribution in [0.3, 0.4) is 0 Å². The molecule has 1 saturated carbocycles. The topological polar surface area (TPSA) is 29.5 Å². The van der Waals surface area contributed by atoms with E-state index in [9.17, 15) is 9.50 Å². The summed E-state index contributed by atoms with van der Waals surface area (Å²) >= 11 is 0. The third kappa shape index (κ3) is 3.58. The van der Waals surface area contributed by atoms with Crippen molar-refractivity contribution in [2.45, 2.75) is 58.2 Å². The van der Waals surface area contributed by atoms with Gasteiger partial charge in [0.1, 0.15) is 11.9 Å². The van der Waals surface area contributed by atoms with Crippen molar-refractivity contribution in [3.05, 3.63) is 35.1 Å². The van der Waals surface area contributed by atoms with Crippen molar-refractivity contribution in [2.75, 3.05) is 6.61 Å². The molecule has 1 aromatic carbocycles. The van der Waals surface area contributed by atoms with Crippen molar-refractivity contribution in [3.63, 3.8) is 0 Å². The first-order chi connectivity index (χ1) is 9.63. The first-order valence-corrected chi connectivity index (χ1v) is 7.69. The number of benzene rings is 1. The number of halogens is 1. The minimum atomic E-state index is -0.668. The fourth-order valence-electron chi connectivity index (χ4n) is 3.29. The van der Waals surface area contributed by atoms with Gasteiger partial charge in [-0.25, -0.2) is 4.39 Å². The van der Waals surface area contributed by atoms with Crippen LogP contribution < -0.4 is 0 Å². The lowest BCUT2D eigenvalue weighted by Gasteiger charge is -2.34. The molecule has 1 aliphatic carbocycles. The highest BCUT2D eigenvalue weighted by atomic mass is 19.1. The highest BCUT2D eigenvalue weighted by Gasteiger charge is 2.31. The predicted octanol–water partition coefficient (Wildman–Crippen LogP) is 4.15. The fraction of sp³-hybridized carbons (Fsp3) is 0.647. The average Bonchev–Trinajstić information content (AvgIpc) is 2.45. The molecule has 2 rings (SSSR count). The zero-order valence-corrected chi connectivity index (χ0v) is 12.4. The van der Waals surface area contributed by atoms with Gasteiger partial charge in [-0.15, -0.1) is 0 Å². The van der Waals surface area contributed by atoms with Gasteiger partial charge < -0.3 is 9.84 Å². The lowest BCUT2D eigenvalue weighted by Crippen LogP contribution is -2.32. The Labute approximate surface area is 121 Å². The molecule has 1 aliphatic rings. The second-order valence-electron chi connectivity index (χ2n) is 5.76. The molecule has 2 unspecified atom stereocenters. The number of hydrogen-bond acceptors (Lipinski definition) is 2. The van der Waals surface area contributed by atoms with Crippen molar-refractivity contribution in [1.82, 2.24) is 0 Å². The Hall–Kier alpha value is -0.930. The molecule has 0 saturated heterocycles. The van der Waals surface area contributed by atoms with E-state index in [-0.39, 0.29) is 11.9 Å². The second-order valence-corrected chi connectivity index (χ2v) is 5.76. The minimum absolute atomic E-state index is 0.176. The Morgan fingerprint density at radius 1 is 1.30 bits per heavy atom. The van der Waals surface area contributed by atoms with Crippen LogP contribution in [0.4, 0.5) is 4.39 Å². The van der Waals surface area contributed by atoms with E-state index in [0.717, 1.165) is 24.0 Å². The highest BCUT2D eigenvalue weighted by Crippen LogP contribution is 2.35. The molecule has 112 valence electrons. The summed E-state index contributed by atoms with van der Waals surface area (Å²) in [6, 6.07) is 4.57. The minimum Gasteiger partial charge on any atom is -0.386 e. The normalized spacial score (nSPS) is 19.8. The molecule has 2 atom stereocenters. The van der Waals surface area contributed by atoms with Crippen LogP contribution in [-0.2, 0) is 4.74 Å². The monoisotopic (exact) mass is 280 g/mol. The van der Waals surface area contributed by atoms with E-state index in [2.05, 4.69) is 0 Å². The Kier molecular flexibility index (Phi) is 5.55. The van der Waals surface area contributed by atoms with E-state index in [4.69, 9.17) is 4.74 Å². The number of aliphatic hydroxyl groups excluding tert-OH is 1. The molecule has 0 heterocycles. The van der Waals surface area contributed by atoms with Gasteiger partial charge in [0.2, 0.25) is 0 Å². The predicted molar refractivity (Wildman–Crippen MR) is 78.1 cm³/mol. The van der Waals surface area contributed by atoms with Gasteiger partial charge in [-0.3, -0.25) is 0 Å². The summed E-state index contributed by atoms with van der Waals surface area (Å²) in [6.45, 7) is 4.39. The maximum absolute atomic E-state index is 13.2. The average molecular weight is 280 g/mol. The van der Waals surface area contributed by atoms with E-state index in [1.165, 1.54) is 31.4 Å². The molecule has 3 heteroatoms. The van der Waals surface area contributed by atoms with Crippen LogP contribution in [0.5, 0.6) is 0 Å². The van der Waals surface area contributed by atoms with E-state index >= 15 is 0 Å². The third-order valence-electron chi connectivity index (χ3n) is 4.34. The molecule has 0 radical (unpaired) electrons. The molecule has 2 nitrogen and oxygen atoms in total. The van der Waals surface area contributed by atoms with E-state index in [0.29, 0.717) is 12.5 Å². The summed E-state index contributed by atoms with van der Waals surface area (Å²) in [7, 11) is 0. The molecule has 0 bridgehead atoms. The van der Waals surface area contributed by atoms with Crippen LogP contribution >= 0.6 is 0 Å². The molecule has 0 amide bonds. The molecular formula is C17H25FO2. The number of hydrogen-bond donors (Lipinski definition) is 1. The van der Waals surface area contributed by atoms with Crippen LogP contribution in [0.15, 0.2) is 18.2 Å². The Morgan fingerprint density at radius 2 is 2.00 bits per heavy atom. The molecule has 1 fully saturated rings. The quantitative estimate of drug-likeness (QED) is 0.878. The van der Waals surface area contributed by atoms with E-state index in [1.54, 1.807) is 6.07 Å². The Morgan fingerprint density at radius 3 is 2.60 bits per heavy atom. The molecule has 1 N–H and O–H groups in total. The van der Waals surface area contributed by atoms with Gasteiger partial charge in [0, 0.05) is 6.61 Å². The second kappa shape index (κ2) is 7.19. The number of rotatable bonds is 5. The number of ether oxygens (including phenoxy) is 1. The highest BCUT2D eigenvalue weighted by molar-refractivity contribution is 5.29. The molecule has 0 spiro atoms. The Bertz CT molecular complexity index is 427. The number of aliphatic hydroxyl groups is 1. The first-order valence-electron chi connectivity index (χ1n) is 7.69. The molecular weight excluding hydrogens is 255 g/mol. The zero-order chi connectivity index (χ0) is 14.5. The third-order valence-corrected chi connectivity index (χ3v) is 4.34. The van der Waals surface area contributed by atoms with Gasteiger partial charge in [-0.2, -0.15) is 0 Å². The smallest absolute Gasteiger partial charge is 0.123 e. The molecule has 0 aromatic heterocycles. The SMILES string of the molecule is CCOC(C1CCCCC1)C(O)c1ccc(F)cc1C. The molecule has 1 aromatic rings. The van der Waals surface area contributed by atoms with Crippen LogP contribution in [0.2, 0.25) is 0 Å². The summed E-state index contributed by atoms with van der Waals surface area (Å²) in [5.74, 6) is 0.146. The lowest BCUT2D eigenvalue weighted by molar-refractivity contribution is -0.0741. The zero-order valence-electron chi connectivity index (χ0n) is 12.4. The largest absolute Gasteiger partial charge is 0.386 e. The maximum Gasteiger partial charge on any atom is 0.123 e. The van der Waals surface area contributed by atoms with Gasteiger partial charge >= 0.3 is 0 Å². The number of aryl methyl sites for hydroxylation is 1. The van der Waals surface area contributed by atoms with Crippen molar-refractivity contribution in [3.8, 4) is 0 Å². The summed E-state index contributed by atoms with van der Waals surface area (Å²) in [6.07, 6.45) is 5.08. The molecule has 20 heavy (non-hydrogen) atoms. The van der Waals surface area contributed by atoms with Crippen molar-refractivity contribution in [1.29, 1.82) is 0 Å². The van der Waals surface area contributed by atoms with Gasteiger partial charge in [-0.1, -0.05) is 25.3 Å². The van der Waals surface area contributed by atoms with Crippen molar-refractivity contribution in [2.24, 2.45) is 5.92 Å². The van der Waals surface area contributed by atoms with Crippen LogP contribution in [0.1, 0.15) is 56.3 Å². The summed E-state index contributed by atoms with van der Waals surface area (Å²) < 4.78 is 19.0. The van der Waals surface area contributed by atoms with Crippen molar-refractivity contribution >= 4 is 0 Å². The van der Waals surface area contributed by atoms with Crippen LogP contribution in [0.25, 0.3) is 0 Å². The molecule has 0 aliphatic heterocycles. The summed E-state index contributed by atoms with van der Waals surface area (Å²) in [5.41, 5.74) is 1.58. The van der Waals surface area contributed by atoms with E-state index in [1.807, 2.05) is 13.8 Å². The van der Waals surface area contributed by atoms with Gasteiger partial charge in [-0.05, 0) is 55.9 Å². The van der Waals surface area contributed by atoms with Crippen LogP contribution in [-0.4, -0.2) is 17.8 Å².